The van der Waals surface area contributed by atoms with Crippen molar-refractivity contribution in [2.45, 2.75) is 13.8 Å². The van der Waals surface area contributed by atoms with Crippen molar-refractivity contribution in [2.24, 2.45) is 0 Å². The normalized spacial score (nSPS) is 16.2. The highest BCUT2D eigenvalue weighted by Gasteiger charge is 2.25. The molecule has 4 aromatic rings. The molecule has 2 aliphatic rings. The van der Waals surface area contributed by atoms with Crippen molar-refractivity contribution < 1.29 is 9.53 Å². The predicted molar refractivity (Wildman–Crippen MR) is 152 cm³/mol. The Bertz CT molecular complexity index is 1430. The second kappa shape index (κ2) is 10.5. The van der Waals surface area contributed by atoms with Gasteiger partial charge in [-0.05, 0) is 55.8 Å². The number of ether oxygens (including phenoxy) is 1. The van der Waals surface area contributed by atoms with Crippen molar-refractivity contribution in [1.82, 2.24) is 19.9 Å². The summed E-state index contributed by atoms with van der Waals surface area (Å²) in [5.41, 5.74) is 4.07. The van der Waals surface area contributed by atoms with Crippen LogP contribution in [0.25, 0.3) is 10.2 Å². The lowest BCUT2D eigenvalue weighted by atomic mass is 10.2. The van der Waals surface area contributed by atoms with Crippen molar-refractivity contribution in [3.8, 4) is 0 Å². The Labute approximate surface area is 226 Å². The zero-order valence-corrected chi connectivity index (χ0v) is 22.5. The fraction of sp³-hybridized carbons (Fsp3) is 0.357. The van der Waals surface area contributed by atoms with E-state index in [9.17, 15) is 4.79 Å². The van der Waals surface area contributed by atoms with Crippen LogP contribution in [-0.2, 0) is 4.74 Å². The van der Waals surface area contributed by atoms with Crippen LogP contribution in [0.2, 0.25) is 0 Å². The molecule has 5 heterocycles. The summed E-state index contributed by atoms with van der Waals surface area (Å²) in [5.74, 6) is 1.55. The molecule has 38 heavy (non-hydrogen) atoms. The summed E-state index contributed by atoms with van der Waals surface area (Å²) in [7, 11) is 0. The number of morpholine rings is 1. The van der Waals surface area contributed by atoms with E-state index in [1.807, 2.05) is 4.90 Å². The highest BCUT2D eigenvalue weighted by atomic mass is 32.1. The van der Waals surface area contributed by atoms with Crippen molar-refractivity contribution in [1.29, 1.82) is 0 Å². The van der Waals surface area contributed by atoms with Crippen LogP contribution in [0.3, 0.4) is 0 Å². The smallest absolute Gasteiger partial charge is 0.254 e. The number of aryl methyl sites for hydroxylation is 2. The van der Waals surface area contributed by atoms with E-state index in [2.05, 4.69) is 58.2 Å². The molecule has 0 unspecified atom stereocenters. The lowest BCUT2D eigenvalue weighted by Gasteiger charge is -2.35. The van der Waals surface area contributed by atoms with Gasteiger partial charge in [-0.2, -0.15) is 4.98 Å². The lowest BCUT2D eigenvalue weighted by molar-refractivity contribution is 0.0746. The molecule has 3 aromatic heterocycles. The Hall–Kier alpha value is -3.76. The first-order valence-electron chi connectivity index (χ1n) is 13.0. The molecule has 0 bridgehead atoms. The molecule has 0 radical (unpaired) electrons. The molecule has 0 atom stereocenters. The van der Waals surface area contributed by atoms with Gasteiger partial charge in [0.2, 0.25) is 5.95 Å². The van der Waals surface area contributed by atoms with Crippen LogP contribution in [0, 0.1) is 13.8 Å². The Balaban J connectivity index is 1.22. The van der Waals surface area contributed by atoms with Gasteiger partial charge < -0.3 is 24.8 Å². The van der Waals surface area contributed by atoms with E-state index >= 15 is 0 Å². The van der Waals surface area contributed by atoms with Crippen LogP contribution in [-0.4, -0.2) is 78.2 Å². The molecular formula is C28H31N7O2S. The average Bonchev–Trinajstić information content (AvgIpc) is 3.27. The van der Waals surface area contributed by atoms with Gasteiger partial charge >= 0.3 is 0 Å². The van der Waals surface area contributed by atoms with Gasteiger partial charge in [-0.15, -0.1) is 11.3 Å². The van der Waals surface area contributed by atoms with Gasteiger partial charge in [-0.25, -0.2) is 4.98 Å². The Morgan fingerprint density at radius 2 is 1.61 bits per heavy atom. The number of fused-ring (bicyclic) bond motifs is 1. The molecule has 0 spiro atoms. The van der Waals surface area contributed by atoms with Gasteiger partial charge in [-0.3, -0.25) is 9.78 Å². The summed E-state index contributed by atoms with van der Waals surface area (Å²) < 4.78 is 5.48. The van der Waals surface area contributed by atoms with E-state index < -0.39 is 0 Å². The first-order valence-corrected chi connectivity index (χ1v) is 13.8. The van der Waals surface area contributed by atoms with Crippen LogP contribution in [0.1, 0.15) is 20.8 Å². The zero-order valence-electron chi connectivity index (χ0n) is 21.7. The first-order chi connectivity index (χ1) is 18.6. The summed E-state index contributed by atoms with van der Waals surface area (Å²) in [5, 5.41) is 4.64. The maximum Gasteiger partial charge on any atom is 0.254 e. The Morgan fingerprint density at radius 3 is 2.32 bits per heavy atom. The standard InChI is InChI=1S/C28H31N7O2S/c1-19-20(2)38-26-24(19)25(30-22-3-5-23(6-4-22)33-15-17-37-18-16-33)31-28(32-26)35-13-11-34(12-14-35)27(36)21-7-9-29-10-8-21/h3-10H,11-18H2,1-2H3,(H,30,31,32). The number of anilines is 4. The lowest BCUT2D eigenvalue weighted by Crippen LogP contribution is -2.49. The van der Waals surface area contributed by atoms with Gasteiger partial charge in [0, 0.05) is 73.5 Å². The maximum atomic E-state index is 12.9. The fourth-order valence-corrected chi connectivity index (χ4v) is 5.99. The second-order valence-electron chi connectivity index (χ2n) is 9.62. The summed E-state index contributed by atoms with van der Waals surface area (Å²) >= 11 is 1.70. The van der Waals surface area contributed by atoms with Gasteiger partial charge in [-0.1, -0.05) is 0 Å². The number of benzene rings is 1. The number of hydrogen-bond acceptors (Lipinski definition) is 9. The second-order valence-corrected chi connectivity index (χ2v) is 10.8. The molecule has 2 fully saturated rings. The third kappa shape index (κ3) is 4.89. The monoisotopic (exact) mass is 529 g/mol. The van der Waals surface area contributed by atoms with Crippen molar-refractivity contribution >= 4 is 50.6 Å². The minimum Gasteiger partial charge on any atom is -0.378 e. The molecule has 9 nitrogen and oxygen atoms in total. The van der Waals surface area contributed by atoms with Crippen molar-refractivity contribution in [3.05, 3.63) is 64.8 Å². The number of nitrogens with one attached hydrogen (secondary N) is 1. The van der Waals surface area contributed by atoms with E-state index in [0.29, 0.717) is 37.7 Å². The molecule has 2 aliphatic heterocycles. The van der Waals surface area contributed by atoms with Crippen LogP contribution < -0.4 is 15.1 Å². The van der Waals surface area contributed by atoms with E-state index in [-0.39, 0.29) is 5.91 Å². The number of thiophene rings is 1. The first kappa shape index (κ1) is 24.6. The Kier molecular flexibility index (Phi) is 6.82. The summed E-state index contributed by atoms with van der Waals surface area (Å²) in [6.07, 6.45) is 3.31. The van der Waals surface area contributed by atoms with E-state index in [1.54, 1.807) is 35.9 Å². The number of pyridine rings is 1. The molecular weight excluding hydrogens is 498 g/mol. The van der Waals surface area contributed by atoms with Crippen LogP contribution >= 0.6 is 11.3 Å². The van der Waals surface area contributed by atoms with E-state index in [0.717, 1.165) is 48.0 Å². The van der Waals surface area contributed by atoms with Crippen LogP contribution in [0.5, 0.6) is 0 Å². The number of aromatic nitrogens is 3. The largest absolute Gasteiger partial charge is 0.378 e. The number of amides is 1. The fourth-order valence-electron chi connectivity index (χ4n) is 4.97. The minimum atomic E-state index is 0.0378. The van der Waals surface area contributed by atoms with E-state index in [1.165, 1.54) is 16.1 Å². The van der Waals surface area contributed by atoms with Crippen LogP contribution in [0.4, 0.5) is 23.1 Å². The number of hydrogen-bond donors (Lipinski definition) is 1. The molecule has 2 saturated heterocycles. The molecule has 1 amide bonds. The molecule has 10 heteroatoms. The number of carbonyl (C=O) groups is 1. The number of piperazine rings is 1. The molecule has 0 saturated carbocycles. The zero-order chi connectivity index (χ0) is 26.1. The van der Waals surface area contributed by atoms with Crippen molar-refractivity contribution in [3.63, 3.8) is 0 Å². The summed E-state index contributed by atoms with van der Waals surface area (Å²) in [6.45, 7) is 10.2. The topological polar surface area (TPSA) is 86.7 Å². The molecule has 196 valence electrons. The van der Waals surface area contributed by atoms with Gasteiger partial charge in [0.1, 0.15) is 10.6 Å². The van der Waals surface area contributed by atoms with E-state index in [4.69, 9.17) is 14.7 Å². The van der Waals surface area contributed by atoms with Gasteiger partial charge in [0.05, 0.1) is 18.6 Å². The molecule has 0 aliphatic carbocycles. The SMILES string of the molecule is Cc1sc2nc(N3CCN(C(=O)c4ccncc4)CC3)nc(Nc3ccc(N4CCOCC4)cc3)c2c1C. The number of nitrogens with zero attached hydrogens (tertiary/aromatic N) is 6. The highest BCUT2D eigenvalue weighted by Crippen LogP contribution is 2.36. The number of rotatable bonds is 5. The quantitative estimate of drug-likeness (QED) is 0.411. The third-order valence-corrected chi connectivity index (χ3v) is 8.40. The maximum absolute atomic E-state index is 12.9. The predicted octanol–water partition coefficient (Wildman–Crippen LogP) is 4.25. The number of carbonyl (C=O) groups excluding carboxylic acids is 1. The minimum absolute atomic E-state index is 0.0378. The molecule has 6 rings (SSSR count). The van der Waals surface area contributed by atoms with Crippen molar-refractivity contribution in [2.75, 3.05) is 67.6 Å². The highest BCUT2D eigenvalue weighted by molar-refractivity contribution is 7.18. The summed E-state index contributed by atoms with van der Waals surface area (Å²) in [6, 6.07) is 12.0. The van der Waals surface area contributed by atoms with Crippen LogP contribution in [0.15, 0.2) is 48.8 Å². The molecule has 1 aromatic carbocycles. The Morgan fingerprint density at radius 1 is 0.895 bits per heavy atom. The molecule has 1 N–H and O–H groups in total. The van der Waals surface area contributed by atoms with Gasteiger partial charge in [0.15, 0.2) is 0 Å². The third-order valence-electron chi connectivity index (χ3n) is 7.30. The van der Waals surface area contributed by atoms with Gasteiger partial charge in [0.25, 0.3) is 5.91 Å². The summed E-state index contributed by atoms with van der Waals surface area (Å²) in [4.78, 5) is 35.5. The average molecular weight is 530 g/mol.